The molecule has 0 radical (unpaired) electrons. The molecule has 1 aromatic rings. The maximum atomic E-state index is 12.2. The van der Waals surface area contributed by atoms with Crippen LogP contribution in [-0.4, -0.2) is 36.9 Å². The Hall–Kier alpha value is -0.630. The summed E-state index contributed by atoms with van der Waals surface area (Å²) < 4.78 is 25.6. The molecule has 0 aliphatic heterocycles. The molecule has 18 heavy (non-hydrogen) atoms. The molecule has 0 aliphatic rings. The second-order valence-electron chi connectivity index (χ2n) is 3.40. The van der Waals surface area contributed by atoms with Crippen molar-refractivity contribution in [1.82, 2.24) is 4.31 Å². The van der Waals surface area contributed by atoms with Crippen LogP contribution in [0.3, 0.4) is 0 Å². The number of likely N-dealkylation sites (N-methyl/N-ethyl adjacent to an activating group) is 1. The van der Waals surface area contributed by atoms with Gasteiger partial charge in [-0.25, -0.2) is 8.42 Å². The van der Waals surface area contributed by atoms with Crippen LogP contribution >= 0.6 is 27.5 Å². The van der Waals surface area contributed by atoms with E-state index in [-0.39, 0.29) is 11.4 Å². The lowest BCUT2D eigenvalue weighted by atomic mass is 10.4. The lowest BCUT2D eigenvalue weighted by Gasteiger charge is -2.18. The van der Waals surface area contributed by atoms with E-state index < -0.39 is 22.5 Å². The first-order chi connectivity index (χ1) is 8.28. The Kier molecular flexibility index (Phi) is 5.15. The summed E-state index contributed by atoms with van der Waals surface area (Å²) in [5.74, 6) is -1.20. The average Bonchev–Trinajstić information content (AvgIpc) is 2.28. The summed E-state index contributed by atoms with van der Waals surface area (Å²) in [6.45, 7) is 1.08. The van der Waals surface area contributed by atoms with Crippen molar-refractivity contribution in [1.29, 1.82) is 0 Å². The van der Waals surface area contributed by atoms with Crippen LogP contribution in [0.15, 0.2) is 27.6 Å². The van der Waals surface area contributed by atoms with E-state index in [1.807, 2.05) is 0 Å². The minimum atomic E-state index is -3.82. The van der Waals surface area contributed by atoms with Gasteiger partial charge >= 0.3 is 5.97 Å². The van der Waals surface area contributed by atoms with Crippen LogP contribution in [0.25, 0.3) is 0 Å². The van der Waals surface area contributed by atoms with Crippen molar-refractivity contribution in [3.05, 3.63) is 27.7 Å². The molecule has 0 fully saturated rings. The number of aliphatic carboxylic acids is 1. The van der Waals surface area contributed by atoms with Gasteiger partial charge in [-0.15, -0.1) is 0 Å². The maximum absolute atomic E-state index is 12.2. The van der Waals surface area contributed by atoms with E-state index in [2.05, 4.69) is 15.9 Å². The number of rotatable bonds is 5. The molecular formula is C10H11BrClNO4S. The molecule has 0 heterocycles. The normalized spacial score (nSPS) is 11.8. The first-order valence-corrected chi connectivity index (χ1v) is 7.57. The Bertz CT molecular complexity index is 561. The van der Waals surface area contributed by atoms with Crippen LogP contribution in [0.5, 0.6) is 0 Å². The van der Waals surface area contributed by atoms with E-state index >= 15 is 0 Å². The van der Waals surface area contributed by atoms with Crippen LogP contribution in [0.4, 0.5) is 0 Å². The van der Waals surface area contributed by atoms with Crippen LogP contribution in [0, 0.1) is 0 Å². The predicted octanol–water partition coefficient (Wildman–Crippen LogP) is 2.20. The lowest BCUT2D eigenvalue weighted by Crippen LogP contribution is -2.35. The molecule has 0 spiro atoms. The van der Waals surface area contributed by atoms with Crippen molar-refractivity contribution in [2.45, 2.75) is 11.8 Å². The third kappa shape index (κ3) is 3.44. The van der Waals surface area contributed by atoms with E-state index in [0.29, 0.717) is 9.50 Å². The molecule has 1 rings (SSSR count). The number of carbonyl (C=O) groups is 1. The summed E-state index contributed by atoms with van der Waals surface area (Å²) in [5.41, 5.74) is 0. The maximum Gasteiger partial charge on any atom is 0.318 e. The molecule has 0 saturated carbocycles. The topological polar surface area (TPSA) is 74.7 Å². The predicted molar refractivity (Wildman–Crippen MR) is 71.2 cm³/mol. The molecule has 5 nitrogen and oxygen atoms in total. The smallest absolute Gasteiger partial charge is 0.318 e. The fraction of sp³-hybridized carbons (Fsp3) is 0.300. The Morgan fingerprint density at radius 1 is 1.50 bits per heavy atom. The van der Waals surface area contributed by atoms with E-state index in [1.54, 1.807) is 6.92 Å². The Morgan fingerprint density at radius 3 is 2.56 bits per heavy atom. The quantitative estimate of drug-likeness (QED) is 0.877. The summed E-state index contributed by atoms with van der Waals surface area (Å²) in [7, 11) is -3.82. The SMILES string of the molecule is CCN(CC(=O)O)S(=O)(=O)c1ccc(Cl)c(Br)c1. The number of sulfonamides is 1. The van der Waals surface area contributed by atoms with Crippen molar-refractivity contribution in [2.75, 3.05) is 13.1 Å². The number of nitrogens with zero attached hydrogens (tertiary/aromatic N) is 1. The fourth-order valence-corrected chi connectivity index (χ4v) is 3.38. The molecule has 8 heteroatoms. The first kappa shape index (κ1) is 15.4. The number of carboxylic acids is 1. The number of hydrogen-bond donors (Lipinski definition) is 1. The van der Waals surface area contributed by atoms with E-state index in [9.17, 15) is 13.2 Å². The number of hydrogen-bond acceptors (Lipinski definition) is 3. The number of halogens is 2. The minimum Gasteiger partial charge on any atom is -0.480 e. The van der Waals surface area contributed by atoms with Crippen molar-refractivity contribution >= 4 is 43.5 Å². The summed E-state index contributed by atoms with van der Waals surface area (Å²) in [6, 6.07) is 4.13. The zero-order valence-corrected chi connectivity index (χ0v) is 12.6. The zero-order chi connectivity index (χ0) is 13.9. The lowest BCUT2D eigenvalue weighted by molar-refractivity contribution is -0.137. The van der Waals surface area contributed by atoms with Gasteiger partial charge in [0.15, 0.2) is 0 Å². The van der Waals surface area contributed by atoms with E-state index in [0.717, 1.165) is 4.31 Å². The van der Waals surface area contributed by atoms with Gasteiger partial charge in [0.2, 0.25) is 10.0 Å². The fourth-order valence-electron chi connectivity index (χ4n) is 1.30. The molecule has 1 N–H and O–H groups in total. The standard InChI is InChI=1S/C10H11BrClNO4S/c1-2-13(6-10(14)15)18(16,17)7-3-4-9(12)8(11)5-7/h3-5H,2,6H2,1H3,(H,14,15). The van der Waals surface area contributed by atoms with E-state index in [4.69, 9.17) is 16.7 Å². The molecule has 0 amide bonds. The second-order valence-corrected chi connectivity index (χ2v) is 6.60. The summed E-state index contributed by atoms with van der Waals surface area (Å²) in [6.07, 6.45) is 0. The third-order valence-corrected chi connectivity index (χ3v) is 5.32. The highest BCUT2D eigenvalue weighted by molar-refractivity contribution is 9.10. The molecule has 100 valence electrons. The van der Waals surface area contributed by atoms with Gasteiger partial charge in [0, 0.05) is 11.0 Å². The molecule has 0 saturated heterocycles. The van der Waals surface area contributed by atoms with Crippen molar-refractivity contribution in [3.8, 4) is 0 Å². The molecule has 0 aromatic heterocycles. The van der Waals surface area contributed by atoms with Crippen LogP contribution in [0.2, 0.25) is 5.02 Å². The van der Waals surface area contributed by atoms with Gasteiger partial charge in [0.1, 0.15) is 6.54 Å². The van der Waals surface area contributed by atoms with Crippen LogP contribution in [0.1, 0.15) is 6.92 Å². The first-order valence-electron chi connectivity index (χ1n) is 4.96. The summed E-state index contributed by atoms with van der Waals surface area (Å²) in [5, 5.41) is 9.07. The number of benzene rings is 1. The molecule has 0 aliphatic carbocycles. The molecule has 0 atom stereocenters. The minimum absolute atomic E-state index is 0.00174. The third-order valence-electron chi connectivity index (χ3n) is 2.19. The summed E-state index contributed by atoms with van der Waals surface area (Å²) >= 11 is 8.91. The molecule has 0 bridgehead atoms. The van der Waals surface area contributed by atoms with Gasteiger partial charge < -0.3 is 5.11 Å². The highest BCUT2D eigenvalue weighted by Crippen LogP contribution is 2.26. The van der Waals surface area contributed by atoms with Crippen molar-refractivity contribution < 1.29 is 18.3 Å². The average molecular weight is 357 g/mol. The zero-order valence-electron chi connectivity index (χ0n) is 9.43. The van der Waals surface area contributed by atoms with Gasteiger partial charge in [-0.3, -0.25) is 4.79 Å². The largest absolute Gasteiger partial charge is 0.480 e. The van der Waals surface area contributed by atoms with Crippen molar-refractivity contribution in [2.24, 2.45) is 0 Å². The van der Waals surface area contributed by atoms with Crippen molar-refractivity contribution in [3.63, 3.8) is 0 Å². The van der Waals surface area contributed by atoms with Gasteiger partial charge in [0.05, 0.1) is 9.92 Å². The molecular weight excluding hydrogens is 346 g/mol. The summed E-state index contributed by atoms with van der Waals surface area (Å²) in [4.78, 5) is 10.6. The molecule has 0 unspecified atom stereocenters. The highest BCUT2D eigenvalue weighted by atomic mass is 79.9. The van der Waals surface area contributed by atoms with Gasteiger partial charge in [0.25, 0.3) is 0 Å². The highest BCUT2D eigenvalue weighted by Gasteiger charge is 2.25. The van der Waals surface area contributed by atoms with Crippen LogP contribution in [-0.2, 0) is 14.8 Å². The second kappa shape index (κ2) is 6.01. The Balaban J connectivity index is 3.18. The van der Waals surface area contributed by atoms with Gasteiger partial charge in [-0.1, -0.05) is 18.5 Å². The van der Waals surface area contributed by atoms with E-state index in [1.165, 1.54) is 18.2 Å². The van der Waals surface area contributed by atoms with Crippen LogP contribution < -0.4 is 0 Å². The number of carboxylic acid groups (broad SMARTS) is 1. The Morgan fingerprint density at radius 2 is 2.11 bits per heavy atom. The van der Waals surface area contributed by atoms with Gasteiger partial charge in [-0.05, 0) is 34.1 Å². The molecule has 1 aromatic carbocycles. The van der Waals surface area contributed by atoms with Gasteiger partial charge in [-0.2, -0.15) is 4.31 Å². The Labute approximate surface area is 119 Å². The monoisotopic (exact) mass is 355 g/mol.